The van der Waals surface area contributed by atoms with Gasteiger partial charge in [0.15, 0.2) is 11.5 Å². The number of ether oxygens (including phenoxy) is 2. The summed E-state index contributed by atoms with van der Waals surface area (Å²) >= 11 is 1.00. The van der Waals surface area contributed by atoms with Crippen molar-refractivity contribution in [2.24, 2.45) is 0 Å². The molecule has 102 valence electrons. The van der Waals surface area contributed by atoms with Gasteiger partial charge < -0.3 is 19.4 Å². The Labute approximate surface area is 113 Å². The average molecular weight is 283 g/mol. The number of carbonyl (C=O) groups excluding carboxylic acids is 3. The SMILES string of the molecule is CC(=O)Oc1ccc(SCC(=O)[O-])cc1OC(C)=O. The van der Waals surface area contributed by atoms with Crippen LogP contribution < -0.4 is 14.6 Å². The Morgan fingerprint density at radius 3 is 2.21 bits per heavy atom. The van der Waals surface area contributed by atoms with Gasteiger partial charge in [0.05, 0.1) is 5.97 Å². The molecule has 0 aliphatic heterocycles. The summed E-state index contributed by atoms with van der Waals surface area (Å²) in [5.74, 6) is -2.40. The summed E-state index contributed by atoms with van der Waals surface area (Å²) in [7, 11) is 0. The number of hydrogen-bond acceptors (Lipinski definition) is 7. The van der Waals surface area contributed by atoms with Crippen LogP contribution in [0, 0.1) is 0 Å². The van der Waals surface area contributed by atoms with Crippen molar-refractivity contribution in [2.45, 2.75) is 18.7 Å². The fourth-order valence-electron chi connectivity index (χ4n) is 1.19. The quantitative estimate of drug-likeness (QED) is 0.438. The highest BCUT2D eigenvalue weighted by Crippen LogP contribution is 2.32. The molecule has 0 amide bonds. The Kier molecular flexibility index (Phi) is 5.37. The van der Waals surface area contributed by atoms with Crippen LogP contribution in [0.4, 0.5) is 0 Å². The van der Waals surface area contributed by atoms with E-state index in [1.54, 1.807) is 6.07 Å². The van der Waals surface area contributed by atoms with Gasteiger partial charge in [0.1, 0.15) is 0 Å². The first-order valence-electron chi connectivity index (χ1n) is 5.22. The van der Waals surface area contributed by atoms with E-state index in [1.165, 1.54) is 26.0 Å². The zero-order valence-electron chi connectivity index (χ0n) is 10.3. The molecule has 0 radical (unpaired) electrons. The molecule has 0 aromatic heterocycles. The zero-order chi connectivity index (χ0) is 14.4. The minimum Gasteiger partial charge on any atom is -0.549 e. The first-order valence-corrected chi connectivity index (χ1v) is 6.20. The van der Waals surface area contributed by atoms with Crippen LogP contribution in [0.15, 0.2) is 23.1 Å². The second-order valence-corrected chi connectivity index (χ2v) is 4.51. The van der Waals surface area contributed by atoms with E-state index < -0.39 is 17.9 Å². The third kappa shape index (κ3) is 5.43. The molecule has 0 unspecified atom stereocenters. The van der Waals surface area contributed by atoms with Crippen molar-refractivity contribution in [3.05, 3.63) is 18.2 Å². The van der Waals surface area contributed by atoms with Crippen LogP contribution in [-0.4, -0.2) is 23.7 Å². The van der Waals surface area contributed by atoms with Gasteiger partial charge in [-0.25, -0.2) is 0 Å². The van der Waals surface area contributed by atoms with E-state index in [2.05, 4.69) is 0 Å². The van der Waals surface area contributed by atoms with Crippen molar-refractivity contribution < 1.29 is 29.0 Å². The highest BCUT2D eigenvalue weighted by atomic mass is 32.2. The number of esters is 2. The molecular weight excluding hydrogens is 272 g/mol. The lowest BCUT2D eigenvalue weighted by Gasteiger charge is -2.10. The van der Waals surface area contributed by atoms with E-state index in [0.717, 1.165) is 11.8 Å². The lowest BCUT2D eigenvalue weighted by molar-refractivity contribution is -0.301. The van der Waals surface area contributed by atoms with Gasteiger partial charge in [-0.15, -0.1) is 11.8 Å². The standard InChI is InChI=1S/C12H12O6S/c1-7(13)17-10-4-3-9(19-6-12(15)16)5-11(10)18-8(2)14/h3-5H,6H2,1-2H3,(H,15,16)/p-1. The minimum absolute atomic E-state index is 0.0612. The first-order chi connectivity index (χ1) is 8.88. The number of carboxylic acid groups (broad SMARTS) is 1. The molecule has 0 aliphatic carbocycles. The second kappa shape index (κ2) is 6.79. The van der Waals surface area contributed by atoms with Gasteiger partial charge in [0.25, 0.3) is 0 Å². The molecule has 19 heavy (non-hydrogen) atoms. The summed E-state index contributed by atoms with van der Waals surface area (Å²) in [6, 6.07) is 4.41. The van der Waals surface area contributed by atoms with Crippen molar-refractivity contribution in [1.29, 1.82) is 0 Å². The predicted octanol–water partition coefficient (Wildman–Crippen LogP) is 0.379. The smallest absolute Gasteiger partial charge is 0.308 e. The number of hydrogen-bond donors (Lipinski definition) is 0. The molecule has 6 nitrogen and oxygen atoms in total. The van der Waals surface area contributed by atoms with E-state index in [9.17, 15) is 19.5 Å². The third-order valence-electron chi connectivity index (χ3n) is 1.78. The predicted molar refractivity (Wildman–Crippen MR) is 64.8 cm³/mol. The van der Waals surface area contributed by atoms with Gasteiger partial charge in [-0.05, 0) is 18.2 Å². The van der Waals surface area contributed by atoms with Crippen molar-refractivity contribution in [2.75, 3.05) is 5.75 Å². The number of carbonyl (C=O) groups is 3. The van der Waals surface area contributed by atoms with Crippen LogP contribution >= 0.6 is 11.8 Å². The van der Waals surface area contributed by atoms with E-state index in [1.807, 2.05) is 0 Å². The average Bonchev–Trinajstić information content (AvgIpc) is 2.28. The Balaban J connectivity index is 2.96. The largest absolute Gasteiger partial charge is 0.549 e. The van der Waals surface area contributed by atoms with Gasteiger partial charge >= 0.3 is 11.9 Å². The molecule has 0 aliphatic rings. The van der Waals surface area contributed by atoms with Gasteiger partial charge in [-0.2, -0.15) is 0 Å². The normalized spacial score (nSPS) is 9.79. The molecule has 0 spiro atoms. The van der Waals surface area contributed by atoms with E-state index in [-0.39, 0.29) is 17.3 Å². The van der Waals surface area contributed by atoms with Crippen molar-refractivity contribution in [3.8, 4) is 11.5 Å². The lowest BCUT2D eigenvalue weighted by atomic mass is 10.3. The summed E-state index contributed by atoms with van der Waals surface area (Å²) < 4.78 is 9.77. The Morgan fingerprint density at radius 2 is 1.68 bits per heavy atom. The van der Waals surface area contributed by atoms with Crippen LogP contribution in [0.3, 0.4) is 0 Å². The number of rotatable bonds is 5. The molecule has 0 N–H and O–H groups in total. The number of thioether (sulfide) groups is 1. The molecular formula is C12H11O6S-. The summed E-state index contributed by atoms with van der Waals surface area (Å²) in [6.07, 6.45) is 0. The van der Waals surface area contributed by atoms with Crippen LogP contribution in [0.25, 0.3) is 0 Å². The fraction of sp³-hybridized carbons (Fsp3) is 0.250. The molecule has 0 fully saturated rings. The van der Waals surface area contributed by atoms with E-state index in [0.29, 0.717) is 4.90 Å². The monoisotopic (exact) mass is 283 g/mol. The van der Waals surface area contributed by atoms with Crippen LogP contribution in [0.1, 0.15) is 13.8 Å². The van der Waals surface area contributed by atoms with Crippen molar-refractivity contribution >= 4 is 29.7 Å². The Hall–Kier alpha value is -2.02. The molecule has 0 bridgehead atoms. The van der Waals surface area contributed by atoms with Crippen LogP contribution in [0.2, 0.25) is 0 Å². The summed E-state index contributed by atoms with van der Waals surface area (Å²) in [6.45, 7) is 2.43. The maximum atomic E-state index is 11.0. The summed E-state index contributed by atoms with van der Waals surface area (Å²) in [4.78, 5) is 32.8. The molecule has 1 aromatic carbocycles. The fourth-order valence-corrected chi connectivity index (χ4v) is 1.83. The first kappa shape index (κ1) is 15.0. The molecule has 0 saturated heterocycles. The Morgan fingerprint density at radius 1 is 1.11 bits per heavy atom. The summed E-state index contributed by atoms with van der Waals surface area (Å²) in [5.41, 5.74) is 0. The number of benzene rings is 1. The number of aliphatic carboxylic acids is 1. The van der Waals surface area contributed by atoms with Gasteiger partial charge in [0, 0.05) is 24.5 Å². The van der Waals surface area contributed by atoms with E-state index >= 15 is 0 Å². The van der Waals surface area contributed by atoms with Crippen molar-refractivity contribution in [1.82, 2.24) is 0 Å². The maximum Gasteiger partial charge on any atom is 0.308 e. The van der Waals surface area contributed by atoms with E-state index in [4.69, 9.17) is 9.47 Å². The third-order valence-corrected chi connectivity index (χ3v) is 2.75. The molecule has 1 rings (SSSR count). The lowest BCUT2D eigenvalue weighted by Crippen LogP contribution is -2.24. The zero-order valence-corrected chi connectivity index (χ0v) is 11.1. The van der Waals surface area contributed by atoms with Gasteiger partial charge in [0.2, 0.25) is 0 Å². The highest BCUT2D eigenvalue weighted by Gasteiger charge is 2.11. The Bertz CT molecular complexity index is 511. The van der Waals surface area contributed by atoms with Crippen molar-refractivity contribution in [3.63, 3.8) is 0 Å². The van der Waals surface area contributed by atoms with Gasteiger partial charge in [-0.1, -0.05) is 0 Å². The maximum absolute atomic E-state index is 11.0. The molecule has 1 aromatic rings. The number of carboxylic acids is 1. The van der Waals surface area contributed by atoms with Gasteiger partial charge in [-0.3, -0.25) is 9.59 Å². The molecule has 0 saturated carbocycles. The minimum atomic E-state index is -1.21. The summed E-state index contributed by atoms with van der Waals surface area (Å²) in [5, 5.41) is 10.4. The second-order valence-electron chi connectivity index (χ2n) is 3.46. The van der Waals surface area contributed by atoms with Crippen LogP contribution in [0.5, 0.6) is 11.5 Å². The molecule has 0 atom stereocenters. The topological polar surface area (TPSA) is 92.7 Å². The highest BCUT2D eigenvalue weighted by molar-refractivity contribution is 8.00. The molecule has 0 heterocycles. The van der Waals surface area contributed by atoms with Crippen LogP contribution in [-0.2, 0) is 14.4 Å². The molecule has 7 heteroatoms.